The molecule has 0 bridgehead atoms. The van der Waals surface area contributed by atoms with E-state index < -0.39 is 0 Å². The molecule has 0 atom stereocenters. The molecule has 0 aliphatic carbocycles. The van der Waals surface area contributed by atoms with E-state index >= 15 is 0 Å². The van der Waals surface area contributed by atoms with Gasteiger partial charge >= 0.3 is 0 Å². The van der Waals surface area contributed by atoms with Crippen LogP contribution in [-0.2, 0) is 11.3 Å². The molecule has 5 rings (SSSR count). The predicted molar refractivity (Wildman–Crippen MR) is 128 cm³/mol. The second-order valence-corrected chi connectivity index (χ2v) is 7.86. The lowest BCUT2D eigenvalue weighted by atomic mass is 10.1. The summed E-state index contributed by atoms with van der Waals surface area (Å²) < 4.78 is 16.7. The minimum Gasteiger partial charge on any atom is -0.497 e. The van der Waals surface area contributed by atoms with E-state index in [9.17, 15) is 4.79 Å². The highest BCUT2D eigenvalue weighted by atomic mass is 16.5. The molecule has 7 nitrogen and oxygen atoms in total. The zero-order valence-electron chi connectivity index (χ0n) is 18.4. The van der Waals surface area contributed by atoms with Crippen molar-refractivity contribution in [3.05, 3.63) is 82.8 Å². The lowest BCUT2D eigenvalue weighted by Gasteiger charge is -2.29. The minimum absolute atomic E-state index is 0.158. The quantitative estimate of drug-likeness (QED) is 0.485. The molecule has 0 unspecified atom stereocenters. The van der Waals surface area contributed by atoms with Crippen LogP contribution >= 0.6 is 0 Å². The fourth-order valence-corrected chi connectivity index (χ4v) is 4.01. The van der Waals surface area contributed by atoms with Gasteiger partial charge in [-0.25, -0.2) is 4.98 Å². The van der Waals surface area contributed by atoms with Gasteiger partial charge in [-0.2, -0.15) is 0 Å². The van der Waals surface area contributed by atoms with E-state index in [1.165, 1.54) is 0 Å². The van der Waals surface area contributed by atoms with E-state index in [0.717, 1.165) is 46.7 Å². The van der Waals surface area contributed by atoms with Crippen molar-refractivity contribution in [1.29, 1.82) is 0 Å². The van der Waals surface area contributed by atoms with Gasteiger partial charge in [-0.1, -0.05) is 12.1 Å². The molecule has 168 valence electrons. The van der Waals surface area contributed by atoms with Gasteiger partial charge in [0.15, 0.2) is 0 Å². The lowest BCUT2D eigenvalue weighted by Crippen LogP contribution is -2.37. The Balaban J connectivity index is 1.33. The second-order valence-electron chi connectivity index (χ2n) is 7.86. The Labute approximate surface area is 191 Å². The normalized spacial score (nSPS) is 13.8. The van der Waals surface area contributed by atoms with Gasteiger partial charge < -0.3 is 24.1 Å². The number of H-pyrrole nitrogens is 1. The summed E-state index contributed by atoms with van der Waals surface area (Å²) in [6, 6.07) is 19.3. The molecular formula is C26H25N3O4. The Bertz CT molecular complexity index is 1310. The molecule has 2 aromatic heterocycles. The molecule has 1 aliphatic rings. The molecule has 7 heteroatoms. The maximum atomic E-state index is 12.4. The van der Waals surface area contributed by atoms with E-state index in [0.29, 0.717) is 24.5 Å². The van der Waals surface area contributed by atoms with Crippen LogP contribution in [0.1, 0.15) is 5.56 Å². The number of nitrogens with one attached hydrogen (secondary N) is 1. The van der Waals surface area contributed by atoms with Crippen molar-refractivity contribution in [1.82, 2.24) is 9.97 Å². The van der Waals surface area contributed by atoms with Gasteiger partial charge in [0, 0.05) is 35.8 Å². The fourth-order valence-electron chi connectivity index (χ4n) is 4.01. The number of benzene rings is 2. The standard InChI is InChI=1S/C26H25N3O4/c1-31-22-8-9-24-19(16-22)15-20(26(30)28-24)17-33-21-6-4-18(5-7-21)23-3-2-10-27-25(23)29-11-13-32-14-12-29/h2-10,15-16H,11-14,17H2,1H3,(H,28,30). The van der Waals surface area contributed by atoms with E-state index in [-0.39, 0.29) is 12.2 Å². The monoisotopic (exact) mass is 443 g/mol. The number of nitrogens with zero attached hydrogens (tertiary/aromatic N) is 2. The summed E-state index contributed by atoms with van der Waals surface area (Å²) in [5.41, 5.74) is 3.30. The Kier molecular flexibility index (Phi) is 5.95. The summed E-state index contributed by atoms with van der Waals surface area (Å²) in [5.74, 6) is 2.40. The smallest absolute Gasteiger partial charge is 0.255 e. The summed E-state index contributed by atoms with van der Waals surface area (Å²) >= 11 is 0. The third kappa shape index (κ3) is 4.54. The number of ether oxygens (including phenoxy) is 3. The molecule has 33 heavy (non-hydrogen) atoms. The van der Waals surface area contributed by atoms with Crippen molar-refractivity contribution >= 4 is 16.7 Å². The molecule has 0 spiro atoms. The van der Waals surface area contributed by atoms with Crippen molar-refractivity contribution in [2.24, 2.45) is 0 Å². The van der Waals surface area contributed by atoms with Crippen LogP contribution in [0.2, 0.25) is 0 Å². The van der Waals surface area contributed by atoms with Gasteiger partial charge in [0.05, 0.1) is 25.9 Å². The summed E-state index contributed by atoms with van der Waals surface area (Å²) in [6.45, 7) is 3.26. The van der Waals surface area contributed by atoms with Crippen molar-refractivity contribution in [3.8, 4) is 22.6 Å². The van der Waals surface area contributed by atoms with Crippen LogP contribution in [0.4, 0.5) is 5.82 Å². The molecule has 2 aromatic carbocycles. The van der Waals surface area contributed by atoms with Gasteiger partial charge in [0.1, 0.15) is 23.9 Å². The molecule has 1 fully saturated rings. The third-order valence-electron chi connectivity index (χ3n) is 5.79. The topological polar surface area (TPSA) is 76.7 Å². The lowest BCUT2D eigenvalue weighted by molar-refractivity contribution is 0.122. The SMILES string of the molecule is COc1ccc2[nH]c(=O)c(COc3ccc(-c4cccnc4N4CCOCC4)cc3)cc2c1. The third-order valence-corrected chi connectivity index (χ3v) is 5.79. The first kappa shape index (κ1) is 21.0. The van der Waals surface area contributed by atoms with Crippen molar-refractivity contribution in [3.63, 3.8) is 0 Å². The molecule has 4 aromatic rings. The maximum Gasteiger partial charge on any atom is 0.255 e. The molecular weight excluding hydrogens is 418 g/mol. The van der Waals surface area contributed by atoms with Gasteiger partial charge in [-0.15, -0.1) is 0 Å². The summed E-state index contributed by atoms with van der Waals surface area (Å²) in [7, 11) is 1.62. The van der Waals surface area contributed by atoms with Gasteiger partial charge in [-0.05, 0) is 54.1 Å². The van der Waals surface area contributed by atoms with Crippen LogP contribution < -0.4 is 19.9 Å². The number of rotatable bonds is 6. The number of hydrogen-bond acceptors (Lipinski definition) is 6. The Morgan fingerprint density at radius 1 is 1.03 bits per heavy atom. The van der Waals surface area contributed by atoms with Crippen LogP contribution in [0.25, 0.3) is 22.0 Å². The Hall–Kier alpha value is -3.84. The zero-order chi connectivity index (χ0) is 22.6. The van der Waals surface area contributed by atoms with Crippen LogP contribution in [0, 0.1) is 0 Å². The first-order valence-electron chi connectivity index (χ1n) is 10.9. The number of anilines is 1. The van der Waals surface area contributed by atoms with E-state index in [1.807, 2.05) is 60.8 Å². The number of pyridine rings is 2. The highest BCUT2D eigenvalue weighted by Crippen LogP contribution is 2.30. The summed E-state index contributed by atoms with van der Waals surface area (Å²) in [6.07, 6.45) is 1.82. The van der Waals surface area contributed by atoms with Crippen molar-refractivity contribution < 1.29 is 14.2 Å². The molecule has 0 saturated carbocycles. The zero-order valence-corrected chi connectivity index (χ0v) is 18.4. The maximum absolute atomic E-state index is 12.4. The van der Waals surface area contributed by atoms with Crippen LogP contribution in [0.15, 0.2) is 71.7 Å². The van der Waals surface area contributed by atoms with E-state index in [1.54, 1.807) is 7.11 Å². The van der Waals surface area contributed by atoms with Gasteiger partial charge in [0.25, 0.3) is 5.56 Å². The highest BCUT2D eigenvalue weighted by Gasteiger charge is 2.16. The number of morpholine rings is 1. The fraction of sp³-hybridized carbons (Fsp3) is 0.231. The Morgan fingerprint density at radius 2 is 1.82 bits per heavy atom. The van der Waals surface area contributed by atoms with E-state index in [2.05, 4.69) is 20.9 Å². The second kappa shape index (κ2) is 9.34. The van der Waals surface area contributed by atoms with Crippen molar-refractivity contribution in [2.45, 2.75) is 6.61 Å². The number of aromatic amines is 1. The minimum atomic E-state index is -0.158. The average molecular weight is 444 g/mol. The summed E-state index contributed by atoms with van der Waals surface area (Å²) in [5, 5.41) is 0.898. The van der Waals surface area contributed by atoms with Crippen LogP contribution in [0.3, 0.4) is 0 Å². The molecule has 1 saturated heterocycles. The first-order chi connectivity index (χ1) is 16.2. The first-order valence-corrected chi connectivity index (χ1v) is 10.9. The molecule has 1 aliphatic heterocycles. The molecule has 0 radical (unpaired) electrons. The van der Waals surface area contributed by atoms with Crippen molar-refractivity contribution in [2.75, 3.05) is 38.3 Å². The van der Waals surface area contributed by atoms with Gasteiger partial charge in [-0.3, -0.25) is 4.79 Å². The number of methoxy groups -OCH3 is 1. The highest BCUT2D eigenvalue weighted by molar-refractivity contribution is 5.80. The number of fused-ring (bicyclic) bond motifs is 1. The summed E-state index contributed by atoms with van der Waals surface area (Å²) in [4.78, 5) is 22.2. The predicted octanol–water partition coefficient (Wildman–Crippen LogP) is 4.01. The van der Waals surface area contributed by atoms with Crippen LogP contribution in [0.5, 0.6) is 11.5 Å². The largest absolute Gasteiger partial charge is 0.497 e. The van der Waals surface area contributed by atoms with Gasteiger partial charge in [0.2, 0.25) is 0 Å². The van der Waals surface area contributed by atoms with E-state index in [4.69, 9.17) is 14.2 Å². The number of aromatic nitrogens is 2. The Morgan fingerprint density at radius 3 is 2.61 bits per heavy atom. The molecule has 3 heterocycles. The number of hydrogen-bond donors (Lipinski definition) is 1. The van der Waals surface area contributed by atoms with Crippen LogP contribution in [-0.4, -0.2) is 43.4 Å². The molecule has 1 N–H and O–H groups in total. The molecule has 0 amide bonds. The average Bonchev–Trinajstić information content (AvgIpc) is 2.88.